The topological polar surface area (TPSA) is 26.7 Å². The van der Waals surface area contributed by atoms with E-state index in [9.17, 15) is 0 Å². The lowest BCUT2D eigenvalue weighted by atomic mass is 10.1. The molecule has 0 saturated heterocycles. The van der Waals surface area contributed by atoms with E-state index in [2.05, 4.69) is 60.9 Å². The van der Waals surface area contributed by atoms with E-state index < -0.39 is 0 Å². The van der Waals surface area contributed by atoms with Crippen molar-refractivity contribution in [2.45, 2.75) is 26.3 Å². The first-order valence-corrected chi connectivity index (χ1v) is 7.71. The Labute approximate surface area is 129 Å². The van der Waals surface area contributed by atoms with Crippen LogP contribution in [0.25, 0.3) is 0 Å². The summed E-state index contributed by atoms with van der Waals surface area (Å²) in [6.07, 6.45) is 1.71. The molecule has 0 amide bonds. The molecular weight excluding hydrogens is 260 g/mol. The summed E-state index contributed by atoms with van der Waals surface area (Å²) in [5.41, 5.74) is 2.34. The van der Waals surface area contributed by atoms with Crippen LogP contribution in [0.4, 0.5) is 0 Å². The summed E-state index contributed by atoms with van der Waals surface area (Å²) in [5.74, 6) is 6.08. The third-order valence-corrected chi connectivity index (χ3v) is 3.21. The highest BCUT2D eigenvalue weighted by molar-refractivity contribution is 5.37. The van der Waals surface area contributed by atoms with Crippen molar-refractivity contribution < 1.29 is 5.11 Å². The monoisotopic (exact) mass is 288 g/mol. The summed E-state index contributed by atoms with van der Waals surface area (Å²) in [6, 6.07) is 8.41. The van der Waals surface area contributed by atoms with E-state index in [-0.39, 0.29) is 6.61 Å². The molecule has 0 saturated carbocycles. The maximum Gasteiger partial charge on any atom is 0.0540 e. The van der Waals surface area contributed by atoms with E-state index in [0.717, 1.165) is 31.7 Å². The van der Waals surface area contributed by atoms with Gasteiger partial charge in [-0.3, -0.25) is 4.90 Å². The van der Waals surface area contributed by atoms with Crippen molar-refractivity contribution in [2.24, 2.45) is 0 Å². The van der Waals surface area contributed by atoms with Gasteiger partial charge in [-0.2, -0.15) is 0 Å². The fourth-order valence-electron chi connectivity index (χ4n) is 2.15. The number of hydrogen-bond donors (Lipinski definition) is 1. The maximum absolute atomic E-state index is 8.77. The predicted octanol–water partition coefficient (Wildman–Crippen LogP) is 2.19. The molecular formula is C18H28N2O. The van der Waals surface area contributed by atoms with Crippen LogP contribution in [0, 0.1) is 11.8 Å². The smallest absolute Gasteiger partial charge is 0.0540 e. The van der Waals surface area contributed by atoms with Gasteiger partial charge in [0, 0.05) is 31.6 Å². The Morgan fingerprint density at radius 1 is 1.14 bits per heavy atom. The lowest BCUT2D eigenvalue weighted by Gasteiger charge is -2.23. The molecule has 0 radical (unpaired) electrons. The third-order valence-electron chi connectivity index (χ3n) is 3.21. The molecule has 3 heteroatoms. The molecule has 1 aromatic carbocycles. The molecule has 0 unspecified atom stereocenters. The third kappa shape index (κ3) is 7.87. The summed E-state index contributed by atoms with van der Waals surface area (Å²) in [4.78, 5) is 4.71. The van der Waals surface area contributed by atoms with Crippen LogP contribution in [-0.2, 0) is 6.54 Å². The fraction of sp³-hybridized carbons (Fsp3) is 0.556. The van der Waals surface area contributed by atoms with Crippen molar-refractivity contribution in [2.75, 3.05) is 40.3 Å². The Morgan fingerprint density at radius 3 is 2.62 bits per heavy atom. The Morgan fingerprint density at radius 2 is 1.95 bits per heavy atom. The zero-order valence-electron chi connectivity index (χ0n) is 13.6. The van der Waals surface area contributed by atoms with Gasteiger partial charge < -0.3 is 10.0 Å². The van der Waals surface area contributed by atoms with Crippen LogP contribution in [0.3, 0.4) is 0 Å². The van der Waals surface area contributed by atoms with Gasteiger partial charge in [-0.15, -0.1) is 0 Å². The van der Waals surface area contributed by atoms with Crippen molar-refractivity contribution in [3.63, 3.8) is 0 Å². The van der Waals surface area contributed by atoms with Crippen LogP contribution in [-0.4, -0.2) is 55.2 Å². The summed E-state index contributed by atoms with van der Waals surface area (Å²) in [6.45, 7) is 6.60. The Hall–Kier alpha value is -1.34. The molecule has 0 aromatic heterocycles. The SMILES string of the molecule is CCCN(CCN(C)C)Cc1cccc(C#CCCO)c1. The van der Waals surface area contributed by atoms with Crippen molar-refractivity contribution in [3.8, 4) is 11.8 Å². The lowest BCUT2D eigenvalue weighted by Crippen LogP contribution is -2.32. The highest BCUT2D eigenvalue weighted by Crippen LogP contribution is 2.08. The van der Waals surface area contributed by atoms with Gasteiger partial charge in [-0.05, 0) is 44.8 Å². The highest BCUT2D eigenvalue weighted by atomic mass is 16.2. The molecule has 1 rings (SSSR count). The largest absolute Gasteiger partial charge is 0.395 e. The van der Waals surface area contributed by atoms with Gasteiger partial charge in [0.05, 0.1) is 6.61 Å². The molecule has 0 aliphatic rings. The van der Waals surface area contributed by atoms with Crippen molar-refractivity contribution in [3.05, 3.63) is 35.4 Å². The second-order valence-corrected chi connectivity index (χ2v) is 5.56. The van der Waals surface area contributed by atoms with Gasteiger partial charge in [0.15, 0.2) is 0 Å². The van der Waals surface area contributed by atoms with Crippen LogP contribution < -0.4 is 0 Å². The molecule has 0 fully saturated rings. The van der Waals surface area contributed by atoms with Crippen LogP contribution in [0.1, 0.15) is 30.9 Å². The minimum Gasteiger partial charge on any atom is -0.395 e. The molecule has 0 spiro atoms. The van der Waals surface area contributed by atoms with Crippen molar-refractivity contribution >= 4 is 0 Å². The average molecular weight is 288 g/mol. The quantitative estimate of drug-likeness (QED) is 0.743. The van der Waals surface area contributed by atoms with Gasteiger partial charge in [0.2, 0.25) is 0 Å². The molecule has 0 bridgehead atoms. The first-order chi connectivity index (χ1) is 10.2. The van der Waals surface area contributed by atoms with Gasteiger partial charge in [0.25, 0.3) is 0 Å². The number of nitrogens with zero attached hydrogens (tertiary/aromatic N) is 2. The first-order valence-electron chi connectivity index (χ1n) is 7.71. The number of rotatable bonds is 8. The van der Waals surface area contributed by atoms with E-state index >= 15 is 0 Å². The fourth-order valence-corrected chi connectivity index (χ4v) is 2.15. The molecule has 0 atom stereocenters. The Kier molecular flexibility index (Phi) is 8.77. The zero-order valence-corrected chi connectivity index (χ0v) is 13.6. The summed E-state index contributed by atoms with van der Waals surface area (Å²) < 4.78 is 0. The van der Waals surface area contributed by atoms with Gasteiger partial charge in [-0.25, -0.2) is 0 Å². The molecule has 21 heavy (non-hydrogen) atoms. The number of benzene rings is 1. The molecule has 0 aliphatic heterocycles. The number of hydrogen-bond acceptors (Lipinski definition) is 3. The summed E-state index contributed by atoms with van der Waals surface area (Å²) in [5, 5.41) is 8.77. The van der Waals surface area contributed by atoms with Crippen LogP contribution in [0.15, 0.2) is 24.3 Å². The van der Waals surface area contributed by atoms with E-state index in [1.165, 1.54) is 12.0 Å². The van der Waals surface area contributed by atoms with E-state index in [1.54, 1.807) is 0 Å². The van der Waals surface area contributed by atoms with Gasteiger partial charge in [-0.1, -0.05) is 30.9 Å². The molecule has 0 heterocycles. The van der Waals surface area contributed by atoms with Crippen LogP contribution in [0.2, 0.25) is 0 Å². The molecule has 3 nitrogen and oxygen atoms in total. The molecule has 0 aliphatic carbocycles. The Bertz CT molecular complexity index is 460. The Balaban J connectivity index is 2.66. The minimum absolute atomic E-state index is 0.126. The van der Waals surface area contributed by atoms with E-state index in [1.807, 2.05) is 6.07 Å². The summed E-state index contributed by atoms with van der Waals surface area (Å²) in [7, 11) is 4.23. The van der Waals surface area contributed by atoms with Crippen molar-refractivity contribution in [1.82, 2.24) is 9.80 Å². The average Bonchev–Trinajstić information content (AvgIpc) is 2.46. The van der Waals surface area contributed by atoms with Crippen LogP contribution in [0.5, 0.6) is 0 Å². The maximum atomic E-state index is 8.77. The molecule has 1 N–H and O–H groups in total. The lowest BCUT2D eigenvalue weighted by molar-refractivity contribution is 0.234. The second kappa shape index (κ2) is 10.4. The van der Waals surface area contributed by atoms with Gasteiger partial charge in [0.1, 0.15) is 0 Å². The number of likely N-dealkylation sites (N-methyl/N-ethyl adjacent to an activating group) is 1. The normalized spacial score (nSPS) is 10.8. The van der Waals surface area contributed by atoms with Gasteiger partial charge >= 0.3 is 0 Å². The standard InChI is InChI=1S/C18H28N2O/c1-4-11-20(13-12-19(2)3)16-18-10-7-9-17(15-18)8-5-6-14-21/h7,9-10,15,21H,4,6,11-14,16H2,1-3H3. The minimum atomic E-state index is 0.126. The van der Waals surface area contributed by atoms with Crippen molar-refractivity contribution in [1.29, 1.82) is 0 Å². The second-order valence-electron chi connectivity index (χ2n) is 5.56. The number of aliphatic hydroxyl groups is 1. The van der Waals surface area contributed by atoms with Crippen LogP contribution >= 0.6 is 0 Å². The highest BCUT2D eigenvalue weighted by Gasteiger charge is 2.06. The molecule has 116 valence electrons. The van der Waals surface area contributed by atoms with E-state index in [4.69, 9.17) is 5.11 Å². The first kappa shape index (κ1) is 17.7. The zero-order chi connectivity index (χ0) is 15.5. The summed E-state index contributed by atoms with van der Waals surface area (Å²) >= 11 is 0. The number of aliphatic hydroxyl groups excluding tert-OH is 1. The van der Waals surface area contributed by atoms with E-state index in [0.29, 0.717) is 6.42 Å². The molecule has 1 aromatic rings. The predicted molar refractivity (Wildman–Crippen MR) is 89.1 cm³/mol.